The van der Waals surface area contributed by atoms with E-state index in [-0.39, 0.29) is 18.0 Å². The minimum Gasteiger partial charge on any atom is -0.322 e. The molecule has 1 amide bonds. The summed E-state index contributed by atoms with van der Waals surface area (Å²) in [5, 5.41) is 2.25. The quantitative estimate of drug-likeness (QED) is 0.725. The van der Waals surface area contributed by atoms with Crippen molar-refractivity contribution >= 4 is 21.6 Å². The highest BCUT2D eigenvalue weighted by atomic mass is 32.2. The number of anilines is 1. The molecule has 0 aliphatic carbocycles. The number of hydrogen-bond acceptors (Lipinski definition) is 4. The lowest BCUT2D eigenvalue weighted by molar-refractivity contribution is -0.121. The molecule has 30 heavy (non-hydrogen) atoms. The zero-order valence-corrected chi connectivity index (χ0v) is 17.3. The molecule has 1 fully saturated rings. The first-order valence-corrected chi connectivity index (χ1v) is 10.8. The molecule has 1 atom stereocenters. The predicted molar refractivity (Wildman–Crippen MR) is 106 cm³/mol. The Morgan fingerprint density at radius 1 is 0.967 bits per heavy atom. The second kappa shape index (κ2) is 8.75. The Morgan fingerprint density at radius 3 is 2.17 bits per heavy atom. The van der Waals surface area contributed by atoms with Crippen LogP contribution >= 0.6 is 0 Å². The summed E-state index contributed by atoms with van der Waals surface area (Å²) in [6, 6.07) is 7.53. The van der Waals surface area contributed by atoms with Gasteiger partial charge in [0.05, 0.1) is 16.6 Å². The van der Waals surface area contributed by atoms with Gasteiger partial charge in [-0.3, -0.25) is 9.69 Å². The van der Waals surface area contributed by atoms with Gasteiger partial charge in [-0.15, -0.1) is 0 Å². The van der Waals surface area contributed by atoms with E-state index < -0.39 is 45.1 Å². The fraction of sp³-hybridized carbons (Fsp3) is 0.350. The zero-order valence-electron chi connectivity index (χ0n) is 16.5. The number of nitrogens with one attached hydrogen (secondary N) is 1. The second-order valence-corrected chi connectivity index (χ2v) is 9.08. The van der Waals surface area contributed by atoms with E-state index in [0.717, 1.165) is 17.7 Å². The molecule has 1 aliphatic rings. The second-order valence-electron chi connectivity index (χ2n) is 7.14. The number of amides is 1. The highest BCUT2D eigenvalue weighted by Crippen LogP contribution is 2.22. The van der Waals surface area contributed by atoms with Gasteiger partial charge in [-0.2, -0.15) is 4.31 Å². The van der Waals surface area contributed by atoms with Crippen LogP contribution in [-0.4, -0.2) is 55.8 Å². The van der Waals surface area contributed by atoms with Crippen LogP contribution in [0.15, 0.2) is 41.3 Å². The number of halogens is 3. The Labute approximate surface area is 173 Å². The molecule has 0 radical (unpaired) electrons. The Bertz CT molecular complexity index is 1040. The predicted octanol–water partition coefficient (Wildman–Crippen LogP) is 2.75. The van der Waals surface area contributed by atoms with E-state index in [9.17, 15) is 26.4 Å². The van der Waals surface area contributed by atoms with E-state index in [4.69, 9.17) is 0 Å². The molecule has 0 unspecified atom stereocenters. The normalized spacial score (nSPS) is 17.0. The highest BCUT2D eigenvalue weighted by molar-refractivity contribution is 7.89. The van der Waals surface area contributed by atoms with Crippen LogP contribution in [0.2, 0.25) is 0 Å². The summed E-state index contributed by atoms with van der Waals surface area (Å²) in [5.41, 5.74) is 0.502. The number of nitrogens with zero attached hydrogens (tertiary/aromatic N) is 2. The number of rotatable bonds is 5. The number of aryl methyl sites for hydroxylation is 1. The molecular weight excluding hydrogens is 419 g/mol. The molecule has 0 aromatic heterocycles. The average Bonchev–Trinajstić information content (AvgIpc) is 2.74. The Balaban J connectivity index is 1.62. The molecule has 1 aliphatic heterocycles. The van der Waals surface area contributed by atoms with Gasteiger partial charge in [0, 0.05) is 26.2 Å². The topological polar surface area (TPSA) is 69.7 Å². The third kappa shape index (κ3) is 4.50. The van der Waals surface area contributed by atoms with Crippen LogP contribution < -0.4 is 5.32 Å². The van der Waals surface area contributed by atoms with Crippen molar-refractivity contribution in [2.45, 2.75) is 24.8 Å². The molecule has 2 aromatic rings. The van der Waals surface area contributed by atoms with Gasteiger partial charge < -0.3 is 5.32 Å². The summed E-state index contributed by atoms with van der Waals surface area (Å²) in [4.78, 5) is 14.4. The SMILES string of the molecule is Cc1ccc(S(=O)(=O)N2CCN([C@H](C)C(=O)Nc3ccc(F)c(F)c3F)CC2)cc1. The van der Waals surface area contributed by atoms with E-state index >= 15 is 0 Å². The molecule has 1 N–H and O–H groups in total. The van der Waals surface area contributed by atoms with E-state index in [1.165, 1.54) is 4.31 Å². The fourth-order valence-electron chi connectivity index (χ4n) is 3.22. The number of piperazine rings is 1. The number of carbonyl (C=O) groups is 1. The summed E-state index contributed by atoms with van der Waals surface area (Å²) >= 11 is 0. The van der Waals surface area contributed by atoms with Crippen LogP contribution in [0.1, 0.15) is 12.5 Å². The van der Waals surface area contributed by atoms with Crippen molar-refractivity contribution in [2.75, 3.05) is 31.5 Å². The molecular formula is C20H22F3N3O3S. The lowest BCUT2D eigenvalue weighted by Gasteiger charge is -2.36. The minimum absolute atomic E-state index is 0.188. The molecule has 0 saturated carbocycles. The third-order valence-electron chi connectivity index (χ3n) is 5.15. The van der Waals surface area contributed by atoms with Crippen LogP contribution in [0.5, 0.6) is 0 Å². The van der Waals surface area contributed by atoms with Gasteiger partial charge in [-0.05, 0) is 38.1 Å². The molecule has 10 heteroatoms. The molecule has 3 rings (SSSR count). The number of sulfonamides is 1. The van der Waals surface area contributed by atoms with E-state index in [2.05, 4.69) is 5.32 Å². The maximum Gasteiger partial charge on any atom is 0.243 e. The Hall–Kier alpha value is -2.43. The van der Waals surface area contributed by atoms with Crippen LogP contribution in [-0.2, 0) is 14.8 Å². The molecule has 162 valence electrons. The van der Waals surface area contributed by atoms with Crippen molar-refractivity contribution in [1.29, 1.82) is 0 Å². The number of carbonyl (C=O) groups excluding carboxylic acids is 1. The zero-order chi connectivity index (χ0) is 22.1. The lowest BCUT2D eigenvalue weighted by Crippen LogP contribution is -2.53. The van der Waals surface area contributed by atoms with Crippen LogP contribution in [0.25, 0.3) is 0 Å². The monoisotopic (exact) mass is 441 g/mol. The smallest absolute Gasteiger partial charge is 0.243 e. The Morgan fingerprint density at radius 2 is 1.57 bits per heavy atom. The van der Waals surface area contributed by atoms with Crippen molar-refractivity contribution < 1.29 is 26.4 Å². The molecule has 0 spiro atoms. The van der Waals surface area contributed by atoms with Crippen molar-refractivity contribution in [1.82, 2.24) is 9.21 Å². The van der Waals surface area contributed by atoms with Gasteiger partial charge >= 0.3 is 0 Å². The van der Waals surface area contributed by atoms with Crippen LogP contribution in [0.3, 0.4) is 0 Å². The van der Waals surface area contributed by atoms with Gasteiger partial charge in [-0.25, -0.2) is 21.6 Å². The average molecular weight is 441 g/mol. The highest BCUT2D eigenvalue weighted by Gasteiger charge is 2.32. The summed E-state index contributed by atoms with van der Waals surface area (Å²) in [7, 11) is -3.63. The first-order chi connectivity index (χ1) is 14.1. The first-order valence-electron chi connectivity index (χ1n) is 9.36. The van der Waals surface area contributed by atoms with Crippen LogP contribution in [0.4, 0.5) is 18.9 Å². The number of benzene rings is 2. The van der Waals surface area contributed by atoms with Crippen molar-refractivity contribution in [2.24, 2.45) is 0 Å². The van der Waals surface area contributed by atoms with Gasteiger partial charge in [0.15, 0.2) is 17.5 Å². The summed E-state index contributed by atoms with van der Waals surface area (Å²) in [5.74, 6) is -5.07. The van der Waals surface area contributed by atoms with Crippen molar-refractivity contribution in [3.05, 3.63) is 59.4 Å². The third-order valence-corrected chi connectivity index (χ3v) is 7.07. The maximum absolute atomic E-state index is 13.8. The van der Waals surface area contributed by atoms with E-state index in [0.29, 0.717) is 13.1 Å². The summed E-state index contributed by atoms with van der Waals surface area (Å²) in [6.07, 6.45) is 0. The standard InChI is InChI=1S/C20H22F3N3O3S/c1-13-3-5-15(6-4-13)30(28,29)26-11-9-25(10-12-26)14(2)20(27)24-17-8-7-16(21)18(22)19(17)23/h3-8,14H,9-12H2,1-2H3,(H,24,27)/t14-/m1/s1. The fourth-order valence-corrected chi connectivity index (χ4v) is 4.64. The van der Waals surface area contributed by atoms with Crippen molar-refractivity contribution in [3.63, 3.8) is 0 Å². The minimum atomic E-state index is -3.63. The Kier molecular flexibility index (Phi) is 6.49. The molecule has 1 saturated heterocycles. The van der Waals surface area contributed by atoms with E-state index in [1.54, 1.807) is 36.1 Å². The van der Waals surface area contributed by atoms with Gasteiger partial charge in [0.25, 0.3) is 0 Å². The largest absolute Gasteiger partial charge is 0.322 e. The van der Waals surface area contributed by atoms with Crippen LogP contribution in [0, 0.1) is 24.4 Å². The van der Waals surface area contributed by atoms with Crippen molar-refractivity contribution in [3.8, 4) is 0 Å². The summed E-state index contributed by atoms with van der Waals surface area (Å²) < 4.78 is 67.0. The van der Waals surface area contributed by atoms with E-state index in [1.807, 2.05) is 6.92 Å². The molecule has 1 heterocycles. The van der Waals surface area contributed by atoms with Gasteiger partial charge in [0.2, 0.25) is 15.9 Å². The molecule has 2 aromatic carbocycles. The van der Waals surface area contributed by atoms with Gasteiger partial charge in [0.1, 0.15) is 0 Å². The summed E-state index contributed by atoms with van der Waals surface area (Å²) in [6.45, 7) is 4.41. The lowest BCUT2D eigenvalue weighted by atomic mass is 10.2. The molecule has 0 bridgehead atoms. The van der Waals surface area contributed by atoms with Gasteiger partial charge in [-0.1, -0.05) is 17.7 Å². The number of hydrogen-bond donors (Lipinski definition) is 1. The molecule has 6 nitrogen and oxygen atoms in total. The maximum atomic E-state index is 13.8. The first kappa shape index (κ1) is 22.3.